The molecule has 0 saturated heterocycles. The van der Waals surface area contributed by atoms with E-state index in [0.29, 0.717) is 40.5 Å². The molecule has 2 heterocycles. The number of hydrogen-bond acceptors (Lipinski definition) is 4. The Labute approximate surface area is 181 Å². The molecule has 154 valence electrons. The van der Waals surface area contributed by atoms with Crippen molar-refractivity contribution in [2.45, 2.75) is 33.2 Å². The van der Waals surface area contributed by atoms with E-state index in [4.69, 9.17) is 11.6 Å². The van der Waals surface area contributed by atoms with Gasteiger partial charge in [-0.2, -0.15) is 4.99 Å². The van der Waals surface area contributed by atoms with Gasteiger partial charge in [-0.15, -0.1) is 11.3 Å². The molecule has 1 N–H and O–H groups in total. The molecule has 0 aliphatic heterocycles. The Bertz CT molecular complexity index is 1280. The predicted molar refractivity (Wildman–Crippen MR) is 116 cm³/mol. The standard InChI is InChI=1S/C22H20ClN3O3S/c1-22(2)10-17-14(18(27)11-22)9-15(19(28)24-17)20(29)25-21-26(7-8-30-21)12-13-5-3-4-6-16(13)23/h3-9H,10-12H2,1-2H3,(H,24,28). The number of Topliss-reactive ketones (excluding diaryl/α,β-unsaturated/α-hetero) is 1. The molecular formula is C22H20ClN3O3S. The second-order valence-electron chi connectivity index (χ2n) is 8.17. The highest BCUT2D eigenvalue weighted by Gasteiger charge is 2.32. The van der Waals surface area contributed by atoms with Crippen molar-refractivity contribution in [3.05, 3.63) is 84.5 Å². The van der Waals surface area contributed by atoms with Crippen molar-refractivity contribution in [3.8, 4) is 0 Å². The Morgan fingerprint density at radius 1 is 1.27 bits per heavy atom. The van der Waals surface area contributed by atoms with E-state index in [-0.39, 0.29) is 16.8 Å². The average molecular weight is 442 g/mol. The maximum absolute atomic E-state index is 12.8. The molecule has 0 unspecified atom stereocenters. The van der Waals surface area contributed by atoms with E-state index in [1.54, 1.807) is 10.6 Å². The molecule has 4 rings (SSSR count). The fourth-order valence-corrected chi connectivity index (χ4v) is 4.57. The molecule has 0 saturated carbocycles. The molecule has 0 radical (unpaired) electrons. The van der Waals surface area contributed by atoms with Gasteiger partial charge >= 0.3 is 0 Å². The highest BCUT2D eigenvalue weighted by Crippen LogP contribution is 2.33. The van der Waals surface area contributed by atoms with E-state index < -0.39 is 11.5 Å². The van der Waals surface area contributed by atoms with Gasteiger partial charge in [0.1, 0.15) is 5.56 Å². The van der Waals surface area contributed by atoms with Gasteiger partial charge in [-0.25, -0.2) is 0 Å². The first-order chi connectivity index (χ1) is 14.2. The van der Waals surface area contributed by atoms with Crippen LogP contribution in [0.25, 0.3) is 0 Å². The Hall–Kier alpha value is -2.77. The van der Waals surface area contributed by atoms with Gasteiger partial charge in [0.25, 0.3) is 11.5 Å². The highest BCUT2D eigenvalue weighted by molar-refractivity contribution is 7.07. The number of ketones is 1. The zero-order valence-corrected chi connectivity index (χ0v) is 18.1. The number of benzene rings is 1. The number of aromatic nitrogens is 2. The molecule has 1 aliphatic carbocycles. The Morgan fingerprint density at radius 2 is 2.03 bits per heavy atom. The van der Waals surface area contributed by atoms with Crippen LogP contribution in [0, 0.1) is 5.41 Å². The van der Waals surface area contributed by atoms with Crippen LogP contribution in [-0.4, -0.2) is 21.2 Å². The van der Waals surface area contributed by atoms with Crippen LogP contribution in [0.15, 0.2) is 51.7 Å². The topological polar surface area (TPSA) is 84.3 Å². The molecule has 1 aliphatic rings. The van der Waals surface area contributed by atoms with Gasteiger partial charge in [0, 0.05) is 34.3 Å². The quantitative estimate of drug-likeness (QED) is 0.670. The monoisotopic (exact) mass is 441 g/mol. The van der Waals surface area contributed by atoms with Gasteiger partial charge in [0.05, 0.1) is 6.54 Å². The molecule has 0 spiro atoms. The Balaban J connectivity index is 1.69. The van der Waals surface area contributed by atoms with Gasteiger partial charge in [0.15, 0.2) is 10.6 Å². The zero-order valence-electron chi connectivity index (χ0n) is 16.6. The smallest absolute Gasteiger partial charge is 0.285 e. The number of rotatable bonds is 3. The van der Waals surface area contributed by atoms with Crippen molar-refractivity contribution < 1.29 is 9.59 Å². The van der Waals surface area contributed by atoms with Crippen molar-refractivity contribution >= 4 is 34.6 Å². The number of hydrogen-bond donors (Lipinski definition) is 1. The van der Waals surface area contributed by atoms with Gasteiger partial charge in [0.2, 0.25) is 0 Å². The van der Waals surface area contributed by atoms with Gasteiger partial charge < -0.3 is 9.55 Å². The molecule has 6 nitrogen and oxygen atoms in total. The van der Waals surface area contributed by atoms with E-state index in [1.807, 2.05) is 43.6 Å². The molecule has 0 atom stereocenters. The van der Waals surface area contributed by atoms with Gasteiger partial charge in [-0.05, 0) is 29.5 Å². The molecule has 1 amide bonds. The van der Waals surface area contributed by atoms with Crippen molar-refractivity contribution in [2.24, 2.45) is 10.4 Å². The third-order valence-electron chi connectivity index (χ3n) is 5.10. The van der Waals surface area contributed by atoms with Crippen LogP contribution < -0.4 is 10.4 Å². The lowest BCUT2D eigenvalue weighted by Gasteiger charge is -2.29. The number of nitrogens with zero attached hydrogens (tertiary/aromatic N) is 2. The molecule has 0 fully saturated rings. The lowest BCUT2D eigenvalue weighted by atomic mass is 9.75. The van der Waals surface area contributed by atoms with E-state index in [0.717, 1.165) is 5.56 Å². The summed E-state index contributed by atoms with van der Waals surface area (Å²) in [5.74, 6) is -0.747. The number of pyridine rings is 1. The number of carbonyl (C=O) groups is 2. The van der Waals surface area contributed by atoms with Crippen molar-refractivity contribution in [3.63, 3.8) is 0 Å². The first kappa shape index (κ1) is 20.5. The normalized spacial score (nSPS) is 15.8. The minimum atomic E-state index is -0.674. The minimum Gasteiger partial charge on any atom is -0.325 e. The number of fused-ring (bicyclic) bond motifs is 1. The molecule has 8 heteroatoms. The van der Waals surface area contributed by atoms with Gasteiger partial charge in [-0.3, -0.25) is 14.4 Å². The summed E-state index contributed by atoms with van der Waals surface area (Å²) >= 11 is 7.52. The van der Waals surface area contributed by atoms with Crippen LogP contribution in [-0.2, 0) is 13.0 Å². The molecule has 1 aromatic carbocycles. The third-order valence-corrected chi connectivity index (χ3v) is 6.27. The second kappa shape index (κ2) is 7.81. The number of amides is 1. The van der Waals surface area contributed by atoms with Crippen molar-refractivity contribution in [1.29, 1.82) is 0 Å². The summed E-state index contributed by atoms with van der Waals surface area (Å²) in [4.78, 5) is 45.2. The van der Waals surface area contributed by atoms with Crippen LogP contribution in [0.5, 0.6) is 0 Å². The van der Waals surface area contributed by atoms with Crippen LogP contribution in [0.2, 0.25) is 5.02 Å². The lowest BCUT2D eigenvalue weighted by molar-refractivity contribution is 0.0910. The predicted octanol–water partition coefficient (Wildman–Crippen LogP) is 3.84. The number of thiazole rings is 1. The summed E-state index contributed by atoms with van der Waals surface area (Å²) in [6.07, 6.45) is 2.76. The van der Waals surface area contributed by atoms with Crippen LogP contribution in [0.4, 0.5) is 0 Å². The summed E-state index contributed by atoms with van der Waals surface area (Å²) in [5, 5.41) is 2.44. The van der Waals surface area contributed by atoms with E-state index in [2.05, 4.69) is 9.98 Å². The number of nitrogens with one attached hydrogen (secondary N) is 1. The highest BCUT2D eigenvalue weighted by atomic mass is 35.5. The number of H-pyrrole nitrogens is 1. The summed E-state index contributed by atoms with van der Waals surface area (Å²) < 4.78 is 1.80. The zero-order chi connectivity index (χ0) is 21.5. The summed E-state index contributed by atoms with van der Waals surface area (Å²) in [6, 6.07) is 8.84. The van der Waals surface area contributed by atoms with E-state index in [9.17, 15) is 14.4 Å². The first-order valence-electron chi connectivity index (χ1n) is 9.49. The lowest BCUT2D eigenvalue weighted by Crippen LogP contribution is -2.32. The molecular weight excluding hydrogens is 422 g/mol. The summed E-state index contributed by atoms with van der Waals surface area (Å²) in [5.41, 5.74) is 1.02. The number of carbonyl (C=O) groups excluding carboxylic acids is 2. The molecule has 0 bridgehead atoms. The maximum Gasteiger partial charge on any atom is 0.285 e. The fraction of sp³-hybridized carbons (Fsp3) is 0.273. The third kappa shape index (κ3) is 4.08. The van der Waals surface area contributed by atoms with Crippen molar-refractivity contribution in [2.75, 3.05) is 0 Å². The number of halogens is 1. The van der Waals surface area contributed by atoms with Crippen LogP contribution in [0.1, 0.15) is 52.2 Å². The Kier molecular flexibility index (Phi) is 5.34. The van der Waals surface area contributed by atoms with E-state index in [1.165, 1.54) is 17.4 Å². The Morgan fingerprint density at radius 3 is 2.80 bits per heavy atom. The van der Waals surface area contributed by atoms with Crippen molar-refractivity contribution in [1.82, 2.24) is 9.55 Å². The number of aromatic amines is 1. The SMILES string of the molecule is CC1(C)CC(=O)c2cc(C(=O)N=c3sccn3Cc3ccccc3Cl)c(=O)[nH]c2C1. The first-order valence-corrected chi connectivity index (χ1v) is 10.7. The summed E-state index contributed by atoms with van der Waals surface area (Å²) in [6.45, 7) is 4.41. The van der Waals surface area contributed by atoms with E-state index >= 15 is 0 Å². The summed E-state index contributed by atoms with van der Waals surface area (Å²) in [7, 11) is 0. The largest absolute Gasteiger partial charge is 0.325 e. The maximum atomic E-state index is 12.8. The molecule has 30 heavy (non-hydrogen) atoms. The van der Waals surface area contributed by atoms with Gasteiger partial charge in [-0.1, -0.05) is 43.6 Å². The molecule has 2 aromatic heterocycles. The average Bonchev–Trinajstić information content (AvgIpc) is 3.08. The fourth-order valence-electron chi connectivity index (χ4n) is 3.65. The van der Waals surface area contributed by atoms with Crippen LogP contribution in [0.3, 0.4) is 0 Å². The molecule has 3 aromatic rings. The van der Waals surface area contributed by atoms with Crippen LogP contribution >= 0.6 is 22.9 Å². The minimum absolute atomic E-state index is 0.0727. The second-order valence-corrected chi connectivity index (χ2v) is 9.45.